The SMILES string of the molecule is COc1ccc(S(=O)(=O)Oc2ccc(/C=C3\SC(=O)N(CC(=O)N4CCCCC4)C3=O)cc2)cc1. The number of imide groups is 1. The van der Waals surface area contributed by atoms with Crippen molar-refractivity contribution in [1.29, 1.82) is 0 Å². The number of hydrogen-bond acceptors (Lipinski definition) is 8. The third kappa shape index (κ3) is 5.85. The van der Waals surface area contributed by atoms with Gasteiger partial charge in [0.25, 0.3) is 11.1 Å². The Labute approximate surface area is 207 Å². The summed E-state index contributed by atoms with van der Waals surface area (Å²) in [6.07, 6.45) is 4.45. The third-order valence-electron chi connectivity index (χ3n) is 5.61. The predicted octanol–water partition coefficient (Wildman–Crippen LogP) is 3.51. The van der Waals surface area contributed by atoms with Crippen molar-refractivity contribution in [3.63, 3.8) is 0 Å². The van der Waals surface area contributed by atoms with E-state index in [1.807, 2.05) is 0 Å². The maximum absolute atomic E-state index is 12.7. The summed E-state index contributed by atoms with van der Waals surface area (Å²) in [6.45, 7) is 1.03. The van der Waals surface area contributed by atoms with E-state index in [9.17, 15) is 22.8 Å². The maximum atomic E-state index is 12.7. The first-order valence-electron chi connectivity index (χ1n) is 11.0. The highest BCUT2D eigenvalue weighted by Crippen LogP contribution is 2.32. The van der Waals surface area contributed by atoms with E-state index in [2.05, 4.69) is 0 Å². The Kier molecular flexibility index (Phi) is 7.46. The van der Waals surface area contributed by atoms with Gasteiger partial charge in [-0.2, -0.15) is 8.42 Å². The van der Waals surface area contributed by atoms with Gasteiger partial charge in [-0.05, 0) is 79.1 Å². The summed E-state index contributed by atoms with van der Waals surface area (Å²) >= 11 is 0.770. The summed E-state index contributed by atoms with van der Waals surface area (Å²) in [6, 6.07) is 11.9. The lowest BCUT2D eigenvalue weighted by Gasteiger charge is -2.27. The number of ether oxygens (including phenoxy) is 1. The number of piperidine rings is 1. The molecule has 0 N–H and O–H groups in total. The summed E-state index contributed by atoms with van der Waals surface area (Å²) < 4.78 is 35.2. The van der Waals surface area contributed by atoms with Crippen LogP contribution in [-0.4, -0.2) is 62.0 Å². The average molecular weight is 517 g/mol. The summed E-state index contributed by atoms with van der Waals surface area (Å²) in [5.41, 5.74) is 0.576. The van der Waals surface area contributed by atoms with Gasteiger partial charge in [0.2, 0.25) is 5.91 Å². The molecule has 2 heterocycles. The van der Waals surface area contributed by atoms with Crippen LogP contribution in [0.1, 0.15) is 24.8 Å². The van der Waals surface area contributed by atoms with E-state index < -0.39 is 21.3 Å². The van der Waals surface area contributed by atoms with Crippen molar-refractivity contribution >= 4 is 45.0 Å². The summed E-state index contributed by atoms with van der Waals surface area (Å²) in [4.78, 5) is 40.4. The lowest BCUT2D eigenvalue weighted by molar-refractivity contribution is -0.136. The molecule has 4 rings (SSSR count). The monoisotopic (exact) mass is 516 g/mol. The highest BCUT2D eigenvalue weighted by Gasteiger charge is 2.37. The van der Waals surface area contributed by atoms with Crippen LogP contribution in [0.5, 0.6) is 11.5 Å². The van der Waals surface area contributed by atoms with Crippen molar-refractivity contribution in [3.8, 4) is 11.5 Å². The van der Waals surface area contributed by atoms with E-state index in [1.165, 1.54) is 49.6 Å². The number of amides is 3. The Morgan fingerprint density at radius 2 is 1.60 bits per heavy atom. The van der Waals surface area contributed by atoms with Crippen molar-refractivity contribution < 1.29 is 31.7 Å². The number of rotatable bonds is 7. The lowest BCUT2D eigenvalue weighted by Crippen LogP contribution is -2.44. The van der Waals surface area contributed by atoms with Gasteiger partial charge in [0.1, 0.15) is 22.9 Å². The van der Waals surface area contributed by atoms with Crippen LogP contribution in [0.15, 0.2) is 58.3 Å². The zero-order valence-corrected chi connectivity index (χ0v) is 20.6. The minimum Gasteiger partial charge on any atom is -0.497 e. The fraction of sp³-hybridized carbons (Fsp3) is 0.292. The topological polar surface area (TPSA) is 110 Å². The normalized spacial score (nSPS) is 17.7. The van der Waals surface area contributed by atoms with E-state index in [0.29, 0.717) is 24.4 Å². The van der Waals surface area contributed by atoms with Gasteiger partial charge in [0.05, 0.1) is 12.0 Å². The molecule has 2 aliphatic heterocycles. The van der Waals surface area contributed by atoms with Gasteiger partial charge in [-0.15, -0.1) is 0 Å². The Bertz CT molecular complexity index is 1250. The largest absolute Gasteiger partial charge is 0.497 e. The Hall–Kier alpha value is -3.31. The van der Waals surface area contributed by atoms with Crippen LogP contribution >= 0.6 is 11.8 Å². The van der Waals surface area contributed by atoms with Gasteiger partial charge in [0, 0.05) is 13.1 Å². The first-order valence-corrected chi connectivity index (χ1v) is 13.2. The molecule has 2 fully saturated rings. The summed E-state index contributed by atoms with van der Waals surface area (Å²) in [5, 5.41) is -0.489. The van der Waals surface area contributed by atoms with Crippen LogP contribution < -0.4 is 8.92 Å². The van der Waals surface area contributed by atoms with Crippen LogP contribution in [0.25, 0.3) is 6.08 Å². The van der Waals surface area contributed by atoms with Crippen molar-refractivity contribution in [2.45, 2.75) is 24.2 Å². The zero-order chi connectivity index (χ0) is 25.0. The molecule has 2 saturated heterocycles. The molecule has 35 heavy (non-hydrogen) atoms. The second-order valence-corrected chi connectivity index (χ2v) is 10.5. The van der Waals surface area contributed by atoms with Crippen molar-refractivity contribution in [3.05, 3.63) is 59.0 Å². The van der Waals surface area contributed by atoms with Gasteiger partial charge in [0.15, 0.2) is 0 Å². The zero-order valence-electron chi connectivity index (χ0n) is 19.0. The molecule has 2 aromatic carbocycles. The van der Waals surface area contributed by atoms with Crippen LogP contribution in [-0.2, 0) is 19.7 Å². The third-order valence-corrected chi connectivity index (χ3v) is 7.78. The van der Waals surface area contributed by atoms with E-state index in [1.54, 1.807) is 17.0 Å². The highest BCUT2D eigenvalue weighted by molar-refractivity contribution is 8.18. The maximum Gasteiger partial charge on any atom is 0.339 e. The molecule has 2 aromatic rings. The van der Waals surface area contributed by atoms with Gasteiger partial charge in [-0.25, -0.2) is 0 Å². The number of likely N-dealkylation sites (tertiary alicyclic amines) is 1. The molecule has 2 aliphatic rings. The molecule has 9 nitrogen and oxygen atoms in total. The molecule has 0 bridgehead atoms. The molecular formula is C24H24N2O7S2. The average Bonchev–Trinajstić information content (AvgIpc) is 3.12. The molecule has 184 valence electrons. The van der Waals surface area contributed by atoms with E-state index >= 15 is 0 Å². The second-order valence-electron chi connectivity index (χ2n) is 7.99. The fourth-order valence-electron chi connectivity index (χ4n) is 3.70. The number of hydrogen-bond donors (Lipinski definition) is 0. The van der Waals surface area contributed by atoms with E-state index in [4.69, 9.17) is 8.92 Å². The van der Waals surface area contributed by atoms with E-state index in [-0.39, 0.29) is 28.0 Å². The molecule has 0 unspecified atom stereocenters. The van der Waals surface area contributed by atoms with Crippen molar-refractivity contribution in [2.75, 3.05) is 26.7 Å². The molecular weight excluding hydrogens is 492 g/mol. The molecule has 11 heteroatoms. The lowest BCUT2D eigenvalue weighted by atomic mass is 10.1. The molecule has 0 aromatic heterocycles. The van der Waals surface area contributed by atoms with Gasteiger partial charge in [-0.1, -0.05) is 12.1 Å². The highest BCUT2D eigenvalue weighted by atomic mass is 32.2. The minimum absolute atomic E-state index is 0.0184. The second kappa shape index (κ2) is 10.5. The Morgan fingerprint density at radius 3 is 2.23 bits per heavy atom. The molecule has 0 radical (unpaired) electrons. The Balaban J connectivity index is 1.41. The quantitative estimate of drug-likeness (QED) is 0.406. The number of benzene rings is 2. The van der Waals surface area contributed by atoms with Crippen LogP contribution in [0.2, 0.25) is 0 Å². The number of carbonyl (C=O) groups excluding carboxylic acids is 3. The standard InChI is InChI=1S/C24H24N2O7S2/c1-32-18-9-11-20(12-10-18)35(30,31)33-19-7-5-17(6-8-19)15-21-23(28)26(24(29)34-21)16-22(27)25-13-3-2-4-14-25/h5-12,15H,2-4,13-14,16H2,1H3/b21-15-. The number of thioether (sulfide) groups is 1. The number of carbonyl (C=O) groups is 3. The smallest absolute Gasteiger partial charge is 0.339 e. The number of methoxy groups -OCH3 is 1. The van der Waals surface area contributed by atoms with Crippen LogP contribution in [0.3, 0.4) is 0 Å². The van der Waals surface area contributed by atoms with Crippen LogP contribution in [0, 0.1) is 0 Å². The van der Waals surface area contributed by atoms with Gasteiger partial charge in [-0.3, -0.25) is 19.3 Å². The molecule has 3 amide bonds. The molecule has 0 saturated carbocycles. The van der Waals surface area contributed by atoms with Crippen molar-refractivity contribution in [1.82, 2.24) is 9.80 Å². The fourth-order valence-corrected chi connectivity index (χ4v) is 5.47. The number of nitrogens with zero attached hydrogens (tertiary/aromatic N) is 2. The molecule has 0 aliphatic carbocycles. The van der Waals surface area contributed by atoms with Crippen LogP contribution in [0.4, 0.5) is 4.79 Å². The molecule has 0 atom stereocenters. The van der Waals surface area contributed by atoms with Gasteiger partial charge < -0.3 is 13.8 Å². The first kappa shape index (κ1) is 24.8. The summed E-state index contributed by atoms with van der Waals surface area (Å²) in [5.74, 6) is -0.132. The molecule has 0 spiro atoms. The predicted molar refractivity (Wildman–Crippen MR) is 130 cm³/mol. The minimum atomic E-state index is -4.03. The van der Waals surface area contributed by atoms with E-state index in [0.717, 1.165) is 35.9 Å². The van der Waals surface area contributed by atoms with Crippen molar-refractivity contribution in [2.24, 2.45) is 0 Å². The summed E-state index contributed by atoms with van der Waals surface area (Å²) in [7, 11) is -2.55. The first-order chi connectivity index (χ1) is 16.8. The Morgan fingerprint density at radius 1 is 0.971 bits per heavy atom. The van der Waals surface area contributed by atoms with Gasteiger partial charge >= 0.3 is 10.1 Å².